The summed E-state index contributed by atoms with van der Waals surface area (Å²) >= 11 is 1.55. The molecule has 0 aliphatic carbocycles. The van der Waals surface area contributed by atoms with Crippen LogP contribution in [-0.4, -0.2) is 56.4 Å². The molecule has 2 aromatic carbocycles. The number of rotatable bonds is 8. The second-order valence-corrected chi connectivity index (χ2v) is 10.3. The van der Waals surface area contributed by atoms with Crippen molar-refractivity contribution in [1.82, 2.24) is 10.2 Å². The van der Waals surface area contributed by atoms with Gasteiger partial charge in [0, 0.05) is 4.75 Å². The lowest BCUT2D eigenvalue weighted by Gasteiger charge is -2.46. The molecule has 0 radical (unpaired) electrons. The Balaban J connectivity index is 1.36. The third kappa shape index (κ3) is 4.48. The van der Waals surface area contributed by atoms with E-state index in [2.05, 4.69) is 5.32 Å². The number of aliphatic hydroxyl groups is 1. The van der Waals surface area contributed by atoms with Crippen LogP contribution >= 0.6 is 11.8 Å². The fraction of sp³-hybridized carbons (Fsp3) is 0.417. The monoisotopic (exact) mass is 456 g/mol. The lowest BCUT2D eigenvalue weighted by Crippen LogP contribution is -2.71. The number of aliphatic hydroxyl groups excluding tert-OH is 1. The van der Waals surface area contributed by atoms with Crippen molar-refractivity contribution < 1.29 is 24.2 Å². The molecule has 8 heteroatoms. The lowest BCUT2D eigenvalue weighted by molar-refractivity contribution is -0.182. The molecule has 2 unspecified atom stereocenters. The average molecular weight is 457 g/mol. The summed E-state index contributed by atoms with van der Waals surface area (Å²) in [6, 6.07) is 17.5. The fourth-order valence-corrected chi connectivity index (χ4v) is 5.77. The quantitative estimate of drug-likeness (QED) is 0.469. The first-order chi connectivity index (χ1) is 15.3. The van der Waals surface area contributed by atoms with Crippen molar-refractivity contribution in [2.24, 2.45) is 0 Å². The van der Waals surface area contributed by atoms with E-state index in [1.807, 2.05) is 62.4 Å². The molecular formula is C24H28N2O5S. The Morgan fingerprint density at radius 1 is 1.16 bits per heavy atom. The van der Waals surface area contributed by atoms with Gasteiger partial charge < -0.3 is 24.8 Å². The summed E-state index contributed by atoms with van der Waals surface area (Å²) in [7, 11) is 0. The first kappa shape index (κ1) is 22.6. The van der Waals surface area contributed by atoms with E-state index >= 15 is 0 Å². The molecule has 5 atom stereocenters. The van der Waals surface area contributed by atoms with Gasteiger partial charge in [-0.3, -0.25) is 9.59 Å². The Morgan fingerprint density at radius 2 is 1.78 bits per heavy atom. The molecule has 2 saturated heterocycles. The molecule has 32 heavy (non-hydrogen) atoms. The van der Waals surface area contributed by atoms with Gasteiger partial charge in [-0.25, -0.2) is 0 Å². The van der Waals surface area contributed by atoms with Crippen LogP contribution in [-0.2, 0) is 20.9 Å². The molecule has 2 aromatic rings. The van der Waals surface area contributed by atoms with Gasteiger partial charge in [-0.15, -0.1) is 11.8 Å². The topological polar surface area (TPSA) is 88.1 Å². The Kier molecular flexibility index (Phi) is 6.46. The molecule has 2 aliphatic rings. The molecular weight excluding hydrogens is 428 g/mol. The predicted molar refractivity (Wildman–Crippen MR) is 122 cm³/mol. The summed E-state index contributed by atoms with van der Waals surface area (Å²) in [5.74, 6) is 0.0159. The fourth-order valence-electron chi connectivity index (χ4n) is 4.11. The molecule has 2 aliphatic heterocycles. The van der Waals surface area contributed by atoms with Gasteiger partial charge >= 0.3 is 0 Å². The van der Waals surface area contributed by atoms with Gasteiger partial charge in [0.2, 0.25) is 5.91 Å². The van der Waals surface area contributed by atoms with Crippen molar-refractivity contribution in [3.8, 4) is 5.75 Å². The second kappa shape index (κ2) is 9.13. The highest BCUT2D eigenvalue weighted by atomic mass is 32.2. The summed E-state index contributed by atoms with van der Waals surface area (Å²) in [5, 5.41) is 13.3. The van der Waals surface area contributed by atoms with Gasteiger partial charge in [0.05, 0.1) is 12.6 Å². The van der Waals surface area contributed by atoms with E-state index in [4.69, 9.17) is 9.47 Å². The number of hydrogen-bond acceptors (Lipinski definition) is 6. The van der Waals surface area contributed by atoms with Crippen molar-refractivity contribution in [2.45, 2.75) is 62.0 Å². The average Bonchev–Trinajstić information content (AvgIpc) is 3.04. The maximum absolute atomic E-state index is 12.9. The van der Waals surface area contributed by atoms with E-state index in [0.29, 0.717) is 5.75 Å². The minimum atomic E-state index is -1.14. The van der Waals surface area contributed by atoms with E-state index < -0.39 is 29.2 Å². The van der Waals surface area contributed by atoms with Crippen LogP contribution in [0, 0.1) is 0 Å². The number of ether oxygens (including phenoxy) is 2. The predicted octanol–water partition coefficient (Wildman–Crippen LogP) is 2.54. The van der Waals surface area contributed by atoms with Gasteiger partial charge in [-0.1, -0.05) is 48.5 Å². The molecule has 2 amide bonds. The zero-order valence-electron chi connectivity index (χ0n) is 18.3. The highest BCUT2D eigenvalue weighted by Crippen LogP contribution is 2.51. The third-order valence-corrected chi connectivity index (χ3v) is 7.36. The molecule has 0 spiro atoms. The van der Waals surface area contributed by atoms with Crippen LogP contribution in [0.3, 0.4) is 0 Å². The van der Waals surface area contributed by atoms with Crippen LogP contribution in [0.15, 0.2) is 60.7 Å². The maximum atomic E-state index is 12.9. The Hall–Kier alpha value is -2.55. The van der Waals surface area contributed by atoms with E-state index in [-0.39, 0.29) is 23.8 Å². The number of nitrogens with one attached hydrogen (secondary N) is 1. The first-order valence-electron chi connectivity index (χ1n) is 10.6. The maximum Gasteiger partial charge on any atom is 0.261 e. The summed E-state index contributed by atoms with van der Waals surface area (Å²) in [6.07, 6.45) is -1.88. The Morgan fingerprint density at radius 3 is 2.44 bits per heavy atom. The first-order valence-corrected chi connectivity index (χ1v) is 11.5. The third-order valence-electron chi connectivity index (χ3n) is 5.77. The highest BCUT2D eigenvalue weighted by molar-refractivity contribution is 8.01. The number of fused-ring (bicyclic) bond motifs is 1. The standard InChI is InChI=1S/C24H28N2O5S/c1-15(31-17-12-8-5-9-13-17)20(27)25-18-21(28)26-19(24(2,3)32-22(18)26)23(29)30-14-16-10-6-4-7-11-16/h4-13,15,18-19,22-23,29H,14H2,1-3H3,(H,25,27)/t15?,18-,19+,22-,23?/m1/s1. The Bertz CT molecular complexity index is 955. The van der Waals surface area contributed by atoms with Crippen LogP contribution in [0.5, 0.6) is 5.75 Å². The normalized spacial score (nSPS) is 25.4. The van der Waals surface area contributed by atoms with E-state index in [0.717, 1.165) is 5.56 Å². The number of amides is 2. The van der Waals surface area contributed by atoms with Gasteiger partial charge in [-0.2, -0.15) is 0 Å². The smallest absolute Gasteiger partial charge is 0.261 e. The number of carbonyl (C=O) groups excluding carboxylic acids is 2. The molecule has 7 nitrogen and oxygen atoms in total. The molecule has 0 aromatic heterocycles. The summed E-state index contributed by atoms with van der Waals surface area (Å²) in [5.41, 5.74) is 0.944. The van der Waals surface area contributed by atoms with Crippen LogP contribution in [0.25, 0.3) is 0 Å². The van der Waals surface area contributed by atoms with Crippen LogP contribution in [0.4, 0.5) is 0 Å². The van der Waals surface area contributed by atoms with E-state index in [9.17, 15) is 14.7 Å². The number of β-lactam (4-membered cyclic amide) rings is 1. The van der Waals surface area contributed by atoms with Gasteiger partial charge in [0.25, 0.3) is 5.91 Å². The SMILES string of the molecule is CC(Oc1ccccc1)C(=O)N[C@@H]1C(=O)N2[C@@H]1SC(C)(C)[C@@H]2C(O)OCc1ccccc1. The minimum absolute atomic E-state index is 0.222. The molecule has 2 fully saturated rings. The largest absolute Gasteiger partial charge is 0.481 e. The zero-order valence-corrected chi connectivity index (χ0v) is 19.1. The number of benzene rings is 2. The molecule has 2 N–H and O–H groups in total. The highest BCUT2D eigenvalue weighted by Gasteiger charge is 2.63. The van der Waals surface area contributed by atoms with Crippen LogP contribution < -0.4 is 10.1 Å². The molecule has 170 valence electrons. The second-order valence-electron chi connectivity index (χ2n) is 8.55. The van der Waals surface area contributed by atoms with Crippen molar-refractivity contribution in [3.63, 3.8) is 0 Å². The zero-order chi connectivity index (χ0) is 22.9. The molecule has 0 bridgehead atoms. The number of hydrogen-bond donors (Lipinski definition) is 2. The summed E-state index contributed by atoms with van der Waals surface area (Å²) in [6.45, 7) is 5.85. The Labute approximate surface area is 192 Å². The van der Waals surface area contributed by atoms with Crippen LogP contribution in [0.1, 0.15) is 26.3 Å². The number of thioether (sulfide) groups is 1. The van der Waals surface area contributed by atoms with Crippen molar-refractivity contribution >= 4 is 23.6 Å². The van der Waals surface area contributed by atoms with E-state index in [1.54, 1.807) is 35.7 Å². The van der Waals surface area contributed by atoms with Gasteiger partial charge in [0.15, 0.2) is 12.4 Å². The minimum Gasteiger partial charge on any atom is -0.481 e. The summed E-state index contributed by atoms with van der Waals surface area (Å²) in [4.78, 5) is 27.2. The number of nitrogens with zero attached hydrogens (tertiary/aromatic N) is 1. The van der Waals surface area contributed by atoms with Crippen molar-refractivity contribution in [1.29, 1.82) is 0 Å². The van der Waals surface area contributed by atoms with Gasteiger partial charge in [-0.05, 0) is 38.5 Å². The van der Waals surface area contributed by atoms with Crippen molar-refractivity contribution in [2.75, 3.05) is 0 Å². The van der Waals surface area contributed by atoms with Gasteiger partial charge in [0.1, 0.15) is 17.2 Å². The molecule has 4 rings (SSSR count). The van der Waals surface area contributed by atoms with E-state index in [1.165, 1.54) is 0 Å². The summed E-state index contributed by atoms with van der Waals surface area (Å²) < 4.78 is 10.9. The number of para-hydroxylation sites is 1. The van der Waals surface area contributed by atoms with Crippen molar-refractivity contribution in [3.05, 3.63) is 66.2 Å². The molecule has 0 saturated carbocycles. The number of carbonyl (C=O) groups is 2. The lowest BCUT2D eigenvalue weighted by atomic mass is 9.95. The molecule has 2 heterocycles. The van der Waals surface area contributed by atoms with Crippen LogP contribution in [0.2, 0.25) is 0 Å².